The van der Waals surface area contributed by atoms with Gasteiger partial charge in [-0.05, 0) is 6.42 Å². The van der Waals surface area contributed by atoms with E-state index in [-0.39, 0.29) is 32.7 Å². The Balaban J connectivity index is -0.000000500. The lowest BCUT2D eigenvalue weighted by Crippen LogP contribution is -2.40. The van der Waals surface area contributed by atoms with Gasteiger partial charge in [0.15, 0.2) is 11.9 Å². The highest BCUT2D eigenvalue weighted by molar-refractivity contribution is 5.95. The highest BCUT2D eigenvalue weighted by atomic mass is 35.5. The van der Waals surface area contributed by atoms with Crippen LogP contribution < -0.4 is 16.8 Å². The SMILES string of the molecule is CCCCN=C(N)NC(=N)N.Cl.[B]. The molecule has 0 heterocycles. The summed E-state index contributed by atoms with van der Waals surface area (Å²) in [5, 5.41) is 9.20. The molecule has 0 fully saturated rings. The summed E-state index contributed by atoms with van der Waals surface area (Å²) in [6, 6.07) is 0. The lowest BCUT2D eigenvalue weighted by Gasteiger charge is -2.00. The number of nitrogens with one attached hydrogen (secondary N) is 2. The third-order valence-corrected chi connectivity index (χ3v) is 1.06. The number of nitrogens with two attached hydrogens (primary N) is 2. The molecular weight excluding hydrogens is 188 g/mol. The molecule has 0 saturated carbocycles. The van der Waals surface area contributed by atoms with Crippen LogP contribution in [0.5, 0.6) is 0 Å². The number of guanidine groups is 2. The van der Waals surface area contributed by atoms with Crippen molar-refractivity contribution in [3.63, 3.8) is 0 Å². The van der Waals surface area contributed by atoms with E-state index >= 15 is 0 Å². The summed E-state index contributed by atoms with van der Waals surface area (Å²) >= 11 is 0. The molecule has 0 bridgehead atoms. The average molecular weight is 204 g/mol. The molecule has 0 aromatic carbocycles. The van der Waals surface area contributed by atoms with Crippen LogP contribution in [0.25, 0.3) is 0 Å². The molecule has 0 aliphatic carbocycles. The van der Waals surface area contributed by atoms with Gasteiger partial charge >= 0.3 is 0 Å². The van der Waals surface area contributed by atoms with E-state index in [0.29, 0.717) is 6.54 Å². The Hall–Kier alpha value is -0.905. The van der Waals surface area contributed by atoms with Crippen molar-refractivity contribution in [3.8, 4) is 0 Å². The number of unbranched alkanes of at least 4 members (excludes halogenated alkanes) is 1. The normalized spacial score (nSPS) is 9.46. The van der Waals surface area contributed by atoms with Gasteiger partial charge in [-0.1, -0.05) is 13.3 Å². The molecule has 6 N–H and O–H groups in total. The van der Waals surface area contributed by atoms with E-state index in [2.05, 4.69) is 17.2 Å². The van der Waals surface area contributed by atoms with Gasteiger partial charge in [0.05, 0.1) is 0 Å². The third kappa shape index (κ3) is 14.0. The zero-order valence-electron chi connectivity index (χ0n) is 7.71. The second kappa shape index (κ2) is 11.1. The smallest absolute Gasteiger partial charge is 0.195 e. The number of nitrogens with zero attached hydrogens (tertiary/aromatic N) is 1. The maximum atomic E-state index is 6.81. The molecule has 3 radical (unpaired) electrons. The summed E-state index contributed by atoms with van der Waals surface area (Å²) < 4.78 is 0. The van der Waals surface area contributed by atoms with Gasteiger partial charge < -0.3 is 11.5 Å². The highest BCUT2D eigenvalue weighted by Crippen LogP contribution is 1.85. The average Bonchev–Trinajstić information content (AvgIpc) is 1.86. The monoisotopic (exact) mass is 204 g/mol. The Kier molecular flexibility index (Phi) is 15.4. The molecule has 0 amide bonds. The van der Waals surface area contributed by atoms with Gasteiger partial charge in [0.25, 0.3) is 0 Å². The molecule has 0 aliphatic heterocycles. The van der Waals surface area contributed by atoms with Crippen LogP contribution in [-0.4, -0.2) is 26.9 Å². The fourth-order valence-corrected chi connectivity index (χ4v) is 0.535. The fourth-order valence-electron chi connectivity index (χ4n) is 0.535. The predicted octanol–water partition coefficient (Wildman–Crippen LogP) is -0.375. The van der Waals surface area contributed by atoms with Crippen molar-refractivity contribution in [2.75, 3.05) is 6.54 Å². The molecule has 0 aromatic rings. The van der Waals surface area contributed by atoms with Crippen LogP contribution in [0.4, 0.5) is 0 Å². The first-order valence-corrected chi connectivity index (χ1v) is 3.57. The quantitative estimate of drug-likeness (QED) is 0.218. The Morgan fingerprint density at radius 3 is 2.38 bits per heavy atom. The maximum Gasteiger partial charge on any atom is 0.195 e. The Labute approximate surface area is 86.8 Å². The van der Waals surface area contributed by atoms with Crippen LogP contribution in [0.15, 0.2) is 4.99 Å². The fraction of sp³-hybridized carbons (Fsp3) is 0.667. The first-order chi connectivity index (χ1) is 5.16. The van der Waals surface area contributed by atoms with Crippen molar-refractivity contribution >= 4 is 32.7 Å². The first kappa shape index (κ1) is 18.0. The minimum Gasteiger partial charge on any atom is -0.370 e. The maximum absolute atomic E-state index is 6.81. The van der Waals surface area contributed by atoms with Crippen LogP contribution in [-0.2, 0) is 0 Å². The zero-order valence-corrected chi connectivity index (χ0v) is 8.53. The summed E-state index contributed by atoms with van der Waals surface area (Å²) in [6.07, 6.45) is 2.08. The van der Waals surface area contributed by atoms with E-state index in [4.69, 9.17) is 16.9 Å². The molecule has 0 aromatic heterocycles. The molecule has 0 atom stereocenters. The van der Waals surface area contributed by atoms with Crippen molar-refractivity contribution in [1.82, 2.24) is 5.32 Å². The minimum absolute atomic E-state index is 0. The Morgan fingerprint density at radius 1 is 1.46 bits per heavy atom. The summed E-state index contributed by atoms with van der Waals surface area (Å²) in [6.45, 7) is 2.76. The summed E-state index contributed by atoms with van der Waals surface area (Å²) in [5.41, 5.74) is 10.3. The summed E-state index contributed by atoms with van der Waals surface area (Å²) in [7, 11) is 0. The Morgan fingerprint density at radius 2 is 2.00 bits per heavy atom. The van der Waals surface area contributed by atoms with Crippen molar-refractivity contribution < 1.29 is 0 Å². The molecule has 0 rings (SSSR count). The van der Waals surface area contributed by atoms with E-state index < -0.39 is 0 Å². The van der Waals surface area contributed by atoms with Gasteiger partial charge in [0.2, 0.25) is 0 Å². The Bertz CT molecular complexity index is 161. The molecule has 0 saturated heterocycles. The molecule has 0 unspecified atom stereocenters. The topological polar surface area (TPSA) is 100 Å². The van der Waals surface area contributed by atoms with Crippen LogP contribution >= 0.6 is 12.4 Å². The van der Waals surface area contributed by atoms with Crippen LogP contribution in [0.1, 0.15) is 19.8 Å². The lowest BCUT2D eigenvalue weighted by atomic mass is 10.3. The van der Waals surface area contributed by atoms with Crippen LogP contribution in [0.2, 0.25) is 0 Å². The number of aliphatic imine (C=N–C) groups is 1. The van der Waals surface area contributed by atoms with Gasteiger partial charge in [-0.25, -0.2) is 0 Å². The number of hydrogen-bond donors (Lipinski definition) is 4. The number of rotatable bonds is 3. The molecule has 13 heavy (non-hydrogen) atoms. The molecule has 0 spiro atoms. The van der Waals surface area contributed by atoms with Crippen molar-refractivity contribution in [3.05, 3.63) is 0 Å². The zero-order chi connectivity index (χ0) is 8.69. The van der Waals surface area contributed by atoms with E-state index in [1.165, 1.54) is 0 Å². The van der Waals surface area contributed by atoms with Crippen LogP contribution in [0.3, 0.4) is 0 Å². The van der Waals surface area contributed by atoms with E-state index in [9.17, 15) is 0 Å². The van der Waals surface area contributed by atoms with Gasteiger partial charge in [-0.3, -0.25) is 15.7 Å². The third-order valence-electron chi connectivity index (χ3n) is 1.06. The van der Waals surface area contributed by atoms with Gasteiger partial charge in [-0.15, -0.1) is 12.4 Å². The van der Waals surface area contributed by atoms with Gasteiger partial charge in [0, 0.05) is 15.0 Å². The standard InChI is InChI=1S/C6H15N5.B.ClH/c1-2-3-4-10-6(9)11-5(7)8;;/h2-4H2,1H3,(H6,7,8,9,10,11);;1H. The largest absolute Gasteiger partial charge is 0.370 e. The van der Waals surface area contributed by atoms with E-state index in [1.807, 2.05) is 0 Å². The minimum atomic E-state index is -0.178. The lowest BCUT2D eigenvalue weighted by molar-refractivity contribution is 0.804. The van der Waals surface area contributed by atoms with E-state index in [0.717, 1.165) is 12.8 Å². The molecule has 5 nitrogen and oxygen atoms in total. The van der Waals surface area contributed by atoms with Crippen molar-refractivity contribution in [1.29, 1.82) is 5.41 Å². The highest BCUT2D eigenvalue weighted by Gasteiger charge is 1.90. The van der Waals surface area contributed by atoms with Crippen molar-refractivity contribution in [2.24, 2.45) is 16.5 Å². The van der Waals surface area contributed by atoms with Gasteiger partial charge in [0.1, 0.15) is 0 Å². The summed E-state index contributed by atoms with van der Waals surface area (Å²) in [5.74, 6) is 0.0358. The van der Waals surface area contributed by atoms with E-state index in [1.54, 1.807) is 0 Å². The second-order valence-corrected chi connectivity index (χ2v) is 2.16. The second-order valence-electron chi connectivity index (χ2n) is 2.16. The predicted molar refractivity (Wildman–Crippen MR) is 59.4 cm³/mol. The first-order valence-electron chi connectivity index (χ1n) is 3.57. The number of hydrogen-bond acceptors (Lipinski definition) is 2. The summed E-state index contributed by atoms with van der Waals surface area (Å²) in [4.78, 5) is 3.92. The molecular formula is C6H16BClN5. The van der Waals surface area contributed by atoms with Crippen LogP contribution in [0, 0.1) is 5.41 Å². The van der Waals surface area contributed by atoms with Crippen molar-refractivity contribution in [2.45, 2.75) is 19.8 Å². The molecule has 0 aliphatic rings. The molecule has 75 valence electrons. The number of halogens is 1. The molecule has 7 heteroatoms. The van der Waals surface area contributed by atoms with Gasteiger partial charge in [-0.2, -0.15) is 0 Å².